The molecule has 19 heavy (non-hydrogen) atoms. The molecule has 0 N–H and O–H groups in total. The Bertz CT molecular complexity index is 672. The Morgan fingerprint density at radius 1 is 1.05 bits per heavy atom. The van der Waals surface area contributed by atoms with E-state index >= 15 is 0 Å². The molecule has 0 radical (unpaired) electrons. The average Bonchev–Trinajstić information content (AvgIpc) is 2.93. The van der Waals surface area contributed by atoms with Gasteiger partial charge in [0.2, 0.25) is 0 Å². The van der Waals surface area contributed by atoms with E-state index in [-0.39, 0.29) is 5.82 Å². The summed E-state index contributed by atoms with van der Waals surface area (Å²) in [7, 11) is 0. The molecule has 2 nitrogen and oxygen atoms in total. The van der Waals surface area contributed by atoms with Crippen molar-refractivity contribution >= 4 is 11.3 Å². The number of allylic oxidation sites excluding steroid dienone is 1. The topological polar surface area (TPSA) is 25.2 Å². The zero-order valence-electron chi connectivity index (χ0n) is 10.6. The maximum Gasteiger partial charge on any atom is 0.144 e. The number of rotatable bonds is 2. The first-order valence-electron chi connectivity index (χ1n) is 6.18. The second-order valence-corrected chi connectivity index (χ2v) is 4.50. The van der Waals surface area contributed by atoms with Crippen LogP contribution in [-0.4, -0.2) is 17.2 Å². The highest BCUT2D eigenvalue weighted by Gasteiger charge is 2.13. The van der Waals surface area contributed by atoms with Gasteiger partial charge >= 0.3 is 0 Å². The van der Waals surface area contributed by atoms with E-state index in [4.69, 9.17) is 0 Å². The molecule has 3 heteroatoms. The van der Waals surface area contributed by atoms with Crippen LogP contribution >= 0.6 is 0 Å². The third-order valence-electron chi connectivity index (χ3n) is 3.15. The van der Waals surface area contributed by atoms with Crippen molar-refractivity contribution in [1.82, 2.24) is 4.98 Å². The first-order valence-corrected chi connectivity index (χ1v) is 6.18. The third-order valence-corrected chi connectivity index (χ3v) is 3.15. The molecule has 2 aromatic rings. The molecule has 1 aliphatic heterocycles. The Labute approximate surface area is 111 Å². The Morgan fingerprint density at radius 3 is 2.58 bits per heavy atom. The Balaban J connectivity index is 1.91. The van der Waals surface area contributed by atoms with Crippen LogP contribution in [0.4, 0.5) is 4.39 Å². The van der Waals surface area contributed by atoms with Gasteiger partial charge < -0.3 is 0 Å². The van der Waals surface area contributed by atoms with Crippen LogP contribution in [-0.2, 0) is 0 Å². The molecule has 0 spiro atoms. The zero-order valence-corrected chi connectivity index (χ0v) is 10.6. The van der Waals surface area contributed by atoms with Gasteiger partial charge in [-0.3, -0.25) is 9.98 Å². The molecule has 1 aromatic carbocycles. The van der Waals surface area contributed by atoms with E-state index in [1.807, 2.05) is 36.4 Å². The summed E-state index contributed by atoms with van der Waals surface area (Å²) in [5.74, 6) is -0.272. The predicted octanol–water partition coefficient (Wildman–Crippen LogP) is 3.42. The summed E-state index contributed by atoms with van der Waals surface area (Å²) in [6, 6.07) is 13.2. The molecule has 3 rings (SSSR count). The van der Waals surface area contributed by atoms with Gasteiger partial charge in [0.25, 0.3) is 0 Å². The molecule has 0 atom stereocenters. The van der Waals surface area contributed by atoms with Gasteiger partial charge in [-0.25, -0.2) is 4.39 Å². The summed E-state index contributed by atoms with van der Waals surface area (Å²) in [5, 5.41) is 0. The fourth-order valence-electron chi connectivity index (χ4n) is 2.09. The molecule has 1 aliphatic rings. The summed E-state index contributed by atoms with van der Waals surface area (Å²) in [6.45, 7) is 2.27. The molecule has 0 bridgehead atoms. The van der Waals surface area contributed by atoms with Gasteiger partial charge in [-0.1, -0.05) is 30.3 Å². The minimum absolute atomic E-state index is 0.272. The SMILES string of the molecule is Cc1nc(C2=CC(c3ccccc3)=NC2)ccc1F. The van der Waals surface area contributed by atoms with E-state index in [0.717, 1.165) is 22.5 Å². The van der Waals surface area contributed by atoms with Crippen LogP contribution in [0.15, 0.2) is 53.5 Å². The number of hydrogen-bond acceptors (Lipinski definition) is 2. The second-order valence-electron chi connectivity index (χ2n) is 4.50. The molecule has 0 saturated carbocycles. The van der Waals surface area contributed by atoms with Gasteiger partial charge in [0, 0.05) is 5.57 Å². The van der Waals surface area contributed by atoms with Crippen LogP contribution in [0, 0.1) is 12.7 Å². The van der Waals surface area contributed by atoms with Crippen molar-refractivity contribution in [3.05, 3.63) is 71.3 Å². The molecule has 94 valence electrons. The van der Waals surface area contributed by atoms with Gasteiger partial charge in [-0.05, 0) is 30.7 Å². The van der Waals surface area contributed by atoms with Crippen molar-refractivity contribution < 1.29 is 4.39 Å². The maximum atomic E-state index is 13.2. The molecule has 0 fully saturated rings. The van der Waals surface area contributed by atoms with Crippen LogP contribution in [0.2, 0.25) is 0 Å². The Kier molecular flexibility index (Phi) is 2.95. The minimum Gasteiger partial charge on any atom is -0.280 e. The van der Waals surface area contributed by atoms with Crippen LogP contribution in [0.25, 0.3) is 5.57 Å². The van der Waals surface area contributed by atoms with E-state index in [1.165, 1.54) is 6.07 Å². The molecule has 0 saturated heterocycles. The number of pyridine rings is 1. The molecule has 1 aromatic heterocycles. The standard InChI is InChI=1S/C16H13FN2/c1-11-14(17)7-8-15(19-11)13-9-16(18-10-13)12-5-3-2-4-6-12/h2-9H,10H2,1H3. The summed E-state index contributed by atoms with van der Waals surface area (Å²) < 4.78 is 13.2. The smallest absolute Gasteiger partial charge is 0.144 e. The highest BCUT2D eigenvalue weighted by Crippen LogP contribution is 2.21. The summed E-state index contributed by atoms with van der Waals surface area (Å²) in [6.07, 6.45) is 2.02. The quantitative estimate of drug-likeness (QED) is 0.804. The minimum atomic E-state index is -0.272. The molecule has 0 unspecified atom stereocenters. The van der Waals surface area contributed by atoms with Gasteiger partial charge in [-0.15, -0.1) is 0 Å². The van der Waals surface area contributed by atoms with Crippen molar-refractivity contribution in [3.8, 4) is 0 Å². The first-order chi connectivity index (χ1) is 9.24. The highest BCUT2D eigenvalue weighted by molar-refractivity contribution is 6.14. The van der Waals surface area contributed by atoms with E-state index in [9.17, 15) is 4.39 Å². The first kappa shape index (κ1) is 11.8. The van der Waals surface area contributed by atoms with Crippen molar-refractivity contribution in [2.24, 2.45) is 4.99 Å². The number of aryl methyl sites for hydroxylation is 1. The van der Waals surface area contributed by atoms with Crippen molar-refractivity contribution in [3.63, 3.8) is 0 Å². The van der Waals surface area contributed by atoms with Crippen LogP contribution in [0.5, 0.6) is 0 Å². The second kappa shape index (κ2) is 4.76. The molecule has 0 aliphatic carbocycles. The number of aromatic nitrogens is 1. The molecular formula is C16H13FN2. The van der Waals surface area contributed by atoms with E-state index in [0.29, 0.717) is 12.2 Å². The normalized spacial score (nSPS) is 14.2. The number of nitrogens with zero attached hydrogens (tertiary/aromatic N) is 2. The van der Waals surface area contributed by atoms with E-state index in [1.54, 1.807) is 13.0 Å². The van der Waals surface area contributed by atoms with E-state index < -0.39 is 0 Å². The van der Waals surface area contributed by atoms with Gasteiger partial charge in [-0.2, -0.15) is 0 Å². The fourth-order valence-corrected chi connectivity index (χ4v) is 2.09. The molecule has 0 amide bonds. The van der Waals surface area contributed by atoms with Crippen molar-refractivity contribution in [2.75, 3.05) is 6.54 Å². The van der Waals surface area contributed by atoms with Gasteiger partial charge in [0.15, 0.2) is 0 Å². The number of hydrogen-bond donors (Lipinski definition) is 0. The predicted molar refractivity (Wildman–Crippen MR) is 74.8 cm³/mol. The maximum absolute atomic E-state index is 13.2. The van der Waals surface area contributed by atoms with Crippen molar-refractivity contribution in [1.29, 1.82) is 0 Å². The van der Waals surface area contributed by atoms with Gasteiger partial charge in [0.05, 0.1) is 23.6 Å². The monoisotopic (exact) mass is 252 g/mol. The third kappa shape index (κ3) is 2.32. The van der Waals surface area contributed by atoms with Gasteiger partial charge in [0.1, 0.15) is 5.82 Å². The van der Waals surface area contributed by atoms with Crippen LogP contribution in [0.3, 0.4) is 0 Å². The van der Waals surface area contributed by atoms with E-state index in [2.05, 4.69) is 9.98 Å². The zero-order chi connectivity index (χ0) is 13.2. The highest BCUT2D eigenvalue weighted by atomic mass is 19.1. The summed E-state index contributed by atoms with van der Waals surface area (Å²) in [5.41, 5.74) is 4.30. The Morgan fingerprint density at radius 2 is 1.84 bits per heavy atom. The number of aliphatic imine (C=N–C) groups is 1. The lowest BCUT2D eigenvalue weighted by atomic mass is 10.1. The average molecular weight is 252 g/mol. The lowest BCUT2D eigenvalue weighted by Crippen LogP contribution is -1.95. The van der Waals surface area contributed by atoms with Crippen molar-refractivity contribution in [2.45, 2.75) is 6.92 Å². The lowest BCUT2D eigenvalue weighted by molar-refractivity contribution is 0.609. The number of benzene rings is 1. The number of halogens is 1. The summed E-state index contributed by atoms with van der Waals surface area (Å²) >= 11 is 0. The summed E-state index contributed by atoms with van der Waals surface area (Å²) in [4.78, 5) is 8.77. The molecule has 2 heterocycles. The van der Waals surface area contributed by atoms with Crippen LogP contribution in [0.1, 0.15) is 17.0 Å². The van der Waals surface area contributed by atoms with Crippen LogP contribution < -0.4 is 0 Å². The largest absolute Gasteiger partial charge is 0.280 e. The fraction of sp³-hybridized carbons (Fsp3) is 0.125. The molecular weight excluding hydrogens is 239 g/mol. The lowest BCUT2D eigenvalue weighted by Gasteiger charge is -2.02. The Hall–Kier alpha value is -2.29.